The first-order valence-corrected chi connectivity index (χ1v) is 8.35. The number of pyridine rings is 1. The summed E-state index contributed by atoms with van der Waals surface area (Å²) in [5.74, 6) is 0. The Morgan fingerprint density at radius 1 is 1.00 bits per heavy atom. The fraction of sp³-hybridized carbons (Fsp3) is 0.625. The number of rotatable bonds is 1. The number of aromatic nitrogens is 1. The molecule has 0 spiro atoms. The highest BCUT2D eigenvalue weighted by Gasteiger charge is 2.32. The van der Waals surface area contributed by atoms with Crippen molar-refractivity contribution in [1.82, 2.24) is 14.8 Å². The van der Waals surface area contributed by atoms with Crippen LogP contribution in [0.2, 0.25) is 0 Å². The van der Waals surface area contributed by atoms with Crippen molar-refractivity contribution in [2.24, 2.45) is 0 Å². The summed E-state index contributed by atoms with van der Waals surface area (Å²) >= 11 is 0. The minimum Gasteiger partial charge on any atom is -0.378 e. The van der Waals surface area contributed by atoms with Crippen LogP contribution >= 0.6 is 0 Å². The van der Waals surface area contributed by atoms with Crippen molar-refractivity contribution in [3.8, 4) is 0 Å². The van der Waals surface area contributed by atoms with Gasteiger partial charge in [-0.05, 0) is 18.6 Å². The molecule has 0 N–H and O–H groups in total. The molecule has 9 heteroatoms. The minimum atomic E-state index is -4.43. The van der Waals surface area contributed by atoms with E-state index in [1.54, 1.807) is 4.90 Å². The standard InChI is InChI=1S/C16H21F3N4O2/c17-16(18,19)14-3-2-13(12-20-14)21-4-1-5-22(7-6-21)15(24)23-8-10-25-11-9-23/h2-3,12H,1,4-11H2. The quantitative estimate of drug-likeness (QED) is 0.771. The van der Waals surface area contributed by atoms with E-state index in [2.05, 4.69) is 4.98 Å². The zero-order valence-corrected chi connectivity index (χ0v) is 13.8. The fourth-order valence-electron chi connectivity index (χ4n) is 3.06. The van der Waals surface area contributed by atoms with Crippen LogP contribution in [0.25, 0.3) is 0 Å². The Bertz CT molecular complexity index is 588. The lowest BCUT2D eigenvalue weighted by Crippen LogP contribution is -2.49. The molecular weight excluding hydrogens is 337 g/mol. The number of nitrogens with zero attached hydrogens (tertiary/aromatic N) is 4. The number of carbonyl (C=O) groups excluding carboxylic acids is 1. The lowest BCUT2D eigenvalue weighted by Gasteiger charge is -2.32. The molecule has 2 amide bonds. The third-order valence-electron chi connectivity index (χ3n) is 4.45. The topological polar surface area (TPSA) is 48.9 Å². The molecule has 1 aromatic rings. The molecule has 0 bridgehead atoms. The zero-order valence-electron chi connectivity index (χ0n) is 13.8. The van der Waals surface area contributed by atoms with Crippen molar-refractivity contribution in [3.63, 3.8) is 0 Å². The second-order valence-corrected chi connectivity index (χ2v) is 6.11. The molecule has 0 aliphatic carbocycles. The second kappa shape index (κ2) is 7.47. The zero-order chi connectivity index (χ0) is 17.9. The highest BCUT2D eigenvalue weighted by molar-refractivity contribution is 5.74. The van der Waals surface area contributed by atoms with Crippen molar-refractivity contribution >= 4 is 11.7 Å². The van der Waals surface area contributed by atoms with Crippen LogP contribution in [0.5, 0.6) is 0 Å². The number of carbonyl (C=O) groups is 1. The summed E-state index contributed by atoms with van der Waals surface area (Å²) in [6.07, 6.45) is -2.42. The van der Waals surface area contributed by atoms with Crippen LogP contribution in [0.3, 0.4) is 0 Å². The summed E-state index contributed by atoms with van der Waals surface area (Å²) in [4.78, 5) is 21.6. The van der Waals surface area contributed by atoms with E-state index in [1.807, 2.05) is 9.80 Å². The number of halogens is 3. The van der Waals surface area contributed by atoms with Crippen molar-refractivity contribution in [3.05, 3.63) is 24.0 Å². The van der Waals surface area contributed by atoms with Crippen LogP contribution in [0, 0.1) is 0 Å². The monoisotopic (exact) mass is 358 g/mol. The molecule has 0 radical (unpaired) electrons. The van der Waals surface area contributed by atoms with Crippen LogP contribution in [-0.4, -0.2) is 73.3 Å². The number of anilines is 1. The van der Waals surface area contributed by atoms with Gasteiger partial charge in [0.25, 0.3) is 0 Å². The van der Waals surface area contributed by atoms with E-state index in [4.69, 9.17) is 4.74 Å². The Labute approximate surface area is 144 Å². The van der Waals surface area contributed by atoms with E-state index in [9.17, 15) is 18.0 Å². The highest BCUT2D eigenvalue weighted by Crippen LogP contribution is 2.28. The van der Waals surface area contributed by atoms with E-state index >= 15 is 0 Å². The van der Waals surface area contributed by atoms with Crippen LogP contribution < -0.4 is 4.90 Å². The number of morpholine rings is 1. The number of hydrogen-bond acceptors (Lipinski definition) is 4. The molecule has 0 atom stereocenters. The normalized spacial score (nSPS) is 19.7. The van der Waals surface area contributed by atoms with Crippen molar-refractivity contribution < 1.29 is 22.7 Å². The van der Waals surface area contributed by atoms with E-state index < -0.39 is 11.9 Å². The molecule has 2 aliphatic rings. The lowest BCUT2D eigenvalue weighted by atomic mass is 10.3. The molecule has 1 aromatic heterocycles. The average molecular weight is 358 g/mol. The summed E-state index contributed by atoms with van der Waals surface area (Å²) in [5, 5.41) is 0. The van der Waals surface area contributed by atoms with E-state index in [0.29, 0.717) is 58.2 Å². The molecule has 6 nitrogen and oxygen atoms in total. The van der Waals surface area contributed by atoms with Crippen molar-refractivity contribution in [2.75, 3.05) is 57.4 Å². The molecule has 2 saturated heterocycles. The Kier molecular flexibility index (Phi) is 5.31. The maximum Gasteiger partial charge on any atom is 0.433 e. The molecule has 0 saturated carbocycles. The van der Waals surface area contributed by atoms with Gasteiger partial charge in [0.1, 0.15) is 5.69 Å². The van der Waals surface area contributed by atoms with Gasteiger partial charge in [-0.15, -0.1) is 0 Å². The third kappa shape index (κ3) is 4.33. The van der Waals surface area contributed by atoms with Gasteiger partial charge in [0.05, 0.1) is 25.1 Å². The van der Waals surface area contributed by atoms with Gasteiger partial charge >= 0.3 is 12.2 Å². The molecule has 2 fully saturated rings. The predicted molar refractivity (Wildman–Crippen MR) is 85.4 cm³/mol. The summed E-state index contributed by atoms with van der Waals surface area (Å²) in [7, 11) is 0. The summed E-state index contributed by atoms with van der Waals surface area (Å²) in [5.41, 5.74) is -0.246. The van der Waals surface area contributed by atoms with E-state index in [1.165, 1.54) is 12.3 Å². The molecule has 0 aromatic carbocycles. The van der Waals surface area contributed by atoms with E-state index in [-0.39, 0.29) is 6.03 Å². The Morgan fingerprint density at radius 3 is 2.36 bits per heavy atom. The Hall–Kier alpha value is -2.03. The smallest absolute Gasteiger partial charge is 0.378 e. The lowest BCUT2D eigenvalue weighted by molar-refractivity contribution is -0.141. The second-order valence-electron chi connectivity index (χ2n) is 6.11. The van der Waals surface area contributed by atoms with Gasteiger partial charge in [-0.1, -0.05) is 0 Å². The number of alkyl halides is 3. The number of ether oxygens (including phenoxy) is 1. The highest BCUT2D eigenvalue weighted by atomic mass is 19.4. The number of hydrogen-bond donors (Lipinski definition) is 0. The number of urea groups is 1. The third-order valence-corrected chi connectivity index (χ3v) is 4.45. The molecule has 3 heterocycles. The van der Waals surface area contributed by atoms with Crippen molar-refractivity contribution in [2.45, 2.75) is 12.6 Å². The van der Waals surface area contributed by atoms with Crippen LogP contribution in [0.1, 0.15) is 12.1 Å². The van der Waals surface area contributed by atoms with Gasteiger partial charge in [0.2, 0.25) is 0 Å². The maximum absolute atomic E-state index is 12.6. The van der Waals surface area contributed by atoms with Gasteiger partial charge in [-0.3, -0.25) is 0 Å². The van der Waals surface area contributed by atoms with Crippen LogP contribution in [-0.2, 0) is 10.9 Å². The summed E-state index contributed by atoms with van der Waals surface area (Å²) in [6.45, 7) is 4.75. The van der Waals surface area contributed by atoms with Gasteiger partial charge < -0.3 is 19.4 Å². The largest absolute Gasteiger partial charge is 0.433 e. The van der Waals surface area contributed by atoms with Gasteiger partial charge in [0.15, 0.2) is 0 Å². The summed E-state index contributed by atoms with van der Waals surface area (Å²) < 4.78 is 43.1. The van der Waals surface area contributed by atoms with Gasteiger partial charge in [0, 0.05) is 39.3 Å². The molecule has 25 heavy (non-hydrogen) atoms. The molecule has 3 rings (SSSR count). The van der Waals surface area contributed by atoms with Crippen LogP contribution in [0.4, 0.5) is 23.7 Å². The number of amides is 2. The Balaban J connectivity index is 1.60. The first-order valence-electron chi connectivity index (χ1n) is 8.35. The molecular formula is C16H21F3N4O2. The first kappa shape index (κ1) is 17.8. The summed E-state index contributed by atoms with van der Waals surface area (Å²) in [6, 6.07) is 2.45. The molecule has 0 unspecified atom stereocenters. The predicted octanol–water partition coefficient (Wildman–Crippen LogP) is 2.06. The maximum atomic E-state index is 12.6. The molecule has 2 aliphatic heterocycles. The van der Waals surface area contributed by atoms with Gasteiger partial charge in [-0.2, -0.15) is 13.2 Å². The average Bonchev–Trinajstić information content (AvgIpc) is 2.87. The Morgan fingerprint density at radius 2 is 1.72 bits per heavy atom. The van der Waals surface area contributed by atoms with Crippen LogP contribution in [0.15, 0.2) is 18.3 Å². The van der Waals surface area contributed by atoms with E-state index in [0.717, 1.165) is 12.5 Å². The van der Waals surface area contributed by atoms with Gasteiger partial charge in [-0.25, -0.2) is 9.78 Å². The van der Waals surface area contributed by atoms with Crippen molar-refractivity contribution in [1.29, 1.82) is 0 Å². The fourth-order valence-corrected chi connectivity index (χ4v) is 3.06. The minimum absolute atomic E-state index is 0.00990. The SMILES string of the molecule is O=C(N1CCOCC1)N1CCCN(c2ccc(C(F)(F)F)nc2)CC1. The molecule has 138 valence electrons. The first-order chi connectivity index (χ1) is 11.9.